The molecule has 0 saturated carbocycles. The maximum atomic E-state index is 11.9. The summed E-state index contributed by atoms with van der Waals surface area (Å²) in [5.74, 6) is 0.897. The number of ether oxygens (including phenoxy) is 2. The highest BCUT2D eigenvalue weighted by Crippen LogP contribution is 2.41. The molecule has 0 atom stereocenters. The number of carbonyl (C=O) groups excluding carboxylic acids is 1. The number of halogens is 2. The maximum absolute atomic E-state index is 11.9. The van der Waals surface area contributed by atoms with Gasteiger partial charge in [-0.25, -0.2) is 0 Å². The number of rotatable bonds is 8. The number of aliphatic imine (C=N–C) groups is 1. The lowest BCUT2D eigenvalue weighted by Gasteiger charge is -2.32. The number of benzene rings is 2. The number of hydrogen-bond acceptors (Lipinski definition) is 6. The van der Waals surface area contributed by atoms with Crippen LogP contribution in [0, 0.1) is 11.3 Å². The summed E-state index contributed by atoms with van der Waals surface area (Å²) in [4.78, 5) is 17.8. The minimum Gasteiger partial charge on any atom is -0.493 e. The van der Waals surface area contributed by atoms with Crippen molar-refractivity contribution in [2.24, 2.45) is 4.99 Å². The molecule has 1 aliphatic rings. The smallest absolute Gasteiger partial charge is 0.245 e. The van der Waals surface area contributed by atoms with Crippen LogP contribution in [-0.4, -0.2) is 43.8 Å². The third-order valence-electron chi connectivity index (χ3n) is 5.68. The molecule has 1 amide bonds. The minimum atomic E-state index is -0.115. The monoisotopic (exact) mass is 512 g/mol. The maximum Gasteiger partial charge on any atom is 0.245 e. The number of carbonyl (C=O) groups is 1. The minimum absolute atomic E-state index is 0.0848. The molecule has 9 heteroatoms. The summed E-state index contributed by atoms with van der Waals surface area (Å²) in [5.41, 5.74) is 2.59. The Hall–Kier alpha value is -3.47. The number of hydrogen-bond donors (Lipinski definition) is 1. The van der Waals surface area contributed by atoms with Gasteiger partial charge in [0.05, 0.1) is 40.8 Å². The van der Waals surface area contributed by atoms with Crippen molar-refractivity contribution in [1.82, 2.24) is 4.90 Å². The summed E-state index contributed by atoms with van der Waals surface area (Å²) in [6.07, 6.45) is 2.54. The van der Waals surface area contributed by atoms with Crippen molar-refractivity contribution < 1.29 is 14.3 Å². The Morgan fingerprint density at radius 3 is 2.54 bits per heavy atom. The standard InChI is InChI=1S/C26H26Cl2N4O3/c1-5-25(33)32-10-8-18(9-11-32)35-24-13-19(22(30-3)14-23(24)34-4)26(16(2)15-29)31-21-7-6-17(27)12-20(21)28/h5-7,12-14,18,31H,1,3,8-11H2,2,4H3/b26-16-. The SMILES string of the molecule is C=CC(=O)N1CCC(Oc2cc(/C(Nc3ccc(Cl)cc3Cl)=C(\C)C#N)c(N=C)cc2OC)CC1. The first-order chi connectivity index (χ1) is 16.8. The molecule has 182 valence electrons. The van der Waals surface area contributed by atoms with E-state index in [1.807, 2.05) is 0 Å². The van der Waals surface area contributed by atoms with Crippen molar-refractivity contribution in [2.45, 2.75) is 25.9 Å². The number of nitrogens with zero attached hydrogens (tertiary/aromatic N) is 3. The molecule has 1 aliphatic heterocycles. The van der Waals surface area contributed by atoms with Crippen molar-refractivity contribution in [3.63, 3.8) is 0 Å². The molecule has 35 heavy (non-hydrogen) atoms. The predicted octanol–water partition coefficient (Wildman–Crippen LogP) is 6.26. The molecular formula is C26H26Cl2N4O3. The largest absolute Gasteiger partial charge is 0.493 e. The van der Waals surface area contributed by atoms with Gasteiger partial charge in [-0.3, -0.25) is 9.79 Å². The van der Waals surface area contributed by atoms with Gasteiger partial charge in [0.25, 0.3) is 0 Å². The summed E-state index contributed by atoms with van der Waals surface area (Å²) < 4.78 is 11.9. The second kappa shape index (κ2) is 11.8. The number of piperidine rings is 1. The molecule has 0 spiro atoms. The van der Waals surface area contributed by atoms with E-state index in [1.54, 1.807) is 49.3 Å². The lowest BCUT2D eigenvalue weighted by Crippen LogP contribution is -2.41. The fourth-order valence-electron chi connectivity index (χ4n) is 3.78. The number of methoxy groups -OCH3 is 1. The third kappa shape index (κ3) is 6.16. The van der Waals surface area contributed by atoms with Crippen LogP contribution < -0.4 is 14.8 Å². The van der Waals surface area contributed by atoms with Gasteiger partial charge in [0, 0.05) is 42.6 Å². The van der Waals surface area contributed by atoms with Gasteiger partial charge in [-0.1, -0.05) is 29.8 Å². The van der Waals surface area contributed by atoms with Crippen LogP contribution in [0.15, 0.2) is 53.6 Å². The van der Waals surface area contributed by atoms with E-state index in [0.29, 0.717) is 75.7 Å². The molecule has 2 aromatic carbocycles. The molecule has 1 heterocycles. The van der Waals surface area contributed by atoms with Crippen molar-refractivity contribution in [3.8, 4) is 17.6 Å². The second-order valence-corrected chi connectivity index (χ2v) is 8.73. The second-order valence-electron chi connectivity index (χ2n) is 7.89. The highest BCUT2D eigenvalue weighted by molar-refractivity contribution is 6.36. The van der Waals surface area contributed by atoms with Crippen molar-refractivity contribution in [2.75, 3.05) is 25.5 Å². The van der Waals surface area contributed by atoms with Gasteiger partial charge < -0.3 is 19.7 Å². The normalized spacial score (nSPS) is 14.4. The zero-order chi connectivity index (χ0) is 25.5. The summed E-state index contributed by atoms with van der Waals surface area (Å²) in [7, 11) is 1.54. The van der Waals surface area contributed by atoms with Gasteiger partial charge >= 0.3 is 0 Å². The molecule has 0 aliphatic carbocycles. The van der Waals surface area contributed by atoms with Crippen LogP contribution in [0.3, 0.4) is 0 Å². The van der Waals surface area contributed by atoms with Gasteiger partial charge in [-0.05, 0) is 44.0 Å². The summed E-state index contributed by atoms with van der Waals surface area (Å²) in [5, 5.41) is 13.8. The average Bonchev–Trinajstić information content (AvgIpc) is 2.87. The van der Waals surface area contributed by atoms with E-state index in [2.05, 4.69) is 29.7 Å². The first kappa shape index (κ1) is 26.1. The van der Waals surface area contributed by atoms with Crippen molar-refractivity contribution >= 4 is 52.9 Å². The highest BCUT2D eigenvalue weighted by atomic mass is 35.5. The van der Waals surface area contributed by atoms with Crippen LogP contribution >= 0.6 is 23.2 Å². The molecule has 0 aromatic heterocycles. The van der Waals surface area contributed by atoms with Crippen LogP contribution in [0.2, 0.25) is 10.0 Å². The Morgan fingerprint density at radius 1 is 1.26 bits per heavy atom. The van der Waals surface area contributed by atoms with E-state index >= 15 is 0 Å². The summed E-state index contributed by atoms with van der Waals surface area (Å²) >= 11 is 12.4. The molecular weight excluding hydrogens is 487 g/mol. The van der Waals surface area contributed by atoms with Crippen LogP contribution in [0.25, 0.3) is 5.70 Å². The van der Waals surface area contributed by atoms with Crippen molar-refractivity contribution in [3.05, 3.63) is 64.2 Å². The predicted molar refractivity (Wildman–Crippen MR) is 141 cm³/mol. The Kier molecular flexibility index (Phi) is 8.80. The number of nitriles is 1. The Morgan fingerprint density at radius 2 is 1.97 bits per heavy atom. The quantitative estimate of drug-likeness (QED) is 0.256. The zero-order valence-electron chi connectivity index (χ0n) is 19.6. The van der Waals surface area contributed by atoms with Gasteiger partial charge in [0.15, 0.2) is 11.5 Å². The summed E-state index contributed by atoms with van der Waals surface area (Å²) in [6.45, 7) is 10.1. The molecule has 7 nitrogen and oxygen atoms in total. The van der Waals surface area contributed by atoms with E-state index < -0.39 is 0 Å². The lowest BCUT2D eigenvalue weighted by molar-refractivity contribution is -0.127. The van der Waals surface area contributed by atoms with Gasteiger partial charge in [-0.15, -0.1) is 0 Å². The van der Waals surface area contributed by atoms with E-state index in [0.717, 1.165) is 0 Å². The van der Waals surface area contributed by atoms with E-state index in [9.17, 15) is 10.1 Å². The Labute approximate surface area is 215 Å². The van der Waals surface area contributed by atoms with E-state index in [-0.39, 0.29) is 12.0 Å². The molecule has 3 rings (SSSR count). The zero-order valence-corrected chi connectivity index (χ0v) is 21.1. The number of likely N-dealkylation sites (tertiary alicyclic amines) is 1. The molecule has 1 N–H and O–H groups in total. The molecule has 0 radical (unpaired) electrons. The van der Waals surface area contributed by atoms with Crippen molar-refractivity contribution in [1.29, 1.82) is 5.26 Å². The van der Waals surface area contributed by atoms with E-state index in [1.165, 1.54) is 6.08 Å². The molecule has 1 fully saturated rings. The topological polar surface area (TPSA) is 87.0 Å². The van der Waals surface area contributed by atoms with Crippen LogP contribution in [-0.2, 0) is 4.79 Å². The van der Waals surface area contributed by atoms with Gasteiger partial charge in [-0.2, -0.15) is 5.26 Å². The number of amides is 1. The van der Waals surface area contributed by atoms with Crippen LogP contribution in [0.4, 0.5) is 11.4 Å². The average molecular weight is 513 g/mol. The first-order valence-corrected chi connectivity index (χ1v) is 11.7. The van der Waals surface area contributed by atoms with E-state index in [4.69, 9.17) is 32.7 Å². The van der Waals surface area contributed by atoms with Crippen LogP contribution in [0.5, 0.6) is 11.5 Å². The molecule has 1 saturated heterocycles. The lowest BCUT2D eigenvalue weighted by atomic mass is 10.0. The van der Waals surface area contributed by atoms with Crippen LogP contribution in [0.1, 0.15) is 25.3 Å². The fourth-order valence-corrected chi connectivity index (χ4v) is 4.23. The number of allylic oxidation sites excluding steroid dienone is 1. The Bertz CT molecular complexity index is 1210. The third-order valence-corrected chi connectivity index (χ3v) is 6.22. The number of anilines is 1. The molecule has 0 unspecified atom stereocenters. The number of nitrogens with one attached hydrogen (secondary N) is 1. The van der Waals surface area contributed by atoms with Gasteiger partial charge in [0.2, 0.25) is 5.91 Å². The Balaban J connectivity index is 1.98. The fraction of sp³-hybridized carbons (Fsp3) is 0.269. The first-order valence-electron chi connectivity index (χ1n) is 10.9. The highest BCUT2D eigenvalue weighted by Gasteiger charge is 2.25. The summed E-state index contributed by atoms with van der Waals surface area (Å²) in [6, 6.07) is 10.7. The molecule has 0 bridgehead atoms. The van der Waals surface area contributed by atoms with Gasteiger partial charge in [0.1, 0.15) is 6.10 Å². The molecule has 2 aromatic rings.